The van der Waals surface area contributed by atoms with Gasteiger partial charge in [0.25, 0.3) is 0 Å². The Morgan fingerprint density at radius 1 is 1.27 bits per heavy atom. The molecule has 0 aromatic rings. The van der Waals surface area contributed by atoms with E-state index in [-0.39, 0.29) is 12.2 Å². The van der Waals surface area contributed by atoms with Crippen molar-refractivity contribution in [2.75, 3.05) is 6.61 Å². The summed E-state index contributed by atoms with van der Waals surface area (Å²) < 4.78 is 92.4. The van der Waals surface area contributed by atoms with Crippen LogP contribution in [-0.4, -0.2) is 48.9 Å². The molecule has 0 saturated carbocycles. The van der Waals surface area contributed by atoms with Crippen LogP contribution >= 0.6 is 0 Å². The van der Waals surface area contributed by atoms with E-state index >= 15 is 0 Å². The Morgan fingerprint density at radius 3 is 2.36 bits per heavy atom. The fourth-order valence-corrected chi connectivity index (χ4v) is 3.07. The lowest BCUT2D eigenvalue weighted by atomic mass is 9.89. The van der Waals surface area contributed by atoms with Crippen LogP contribution in [0.15, 0.2) is 0 Å². The van der Waals surface area contributed by atoms with Crippen molar-refractivity contribution in [3.8, 4) is 0 Å². The molecule has 2 heterocycles. The van der Waals surface area contributed by atoms with Crippen LogP contribution in [0.2, 0.25) is 0 Å². The number of rotatable bonds is 6. The molecule has 2 aliphatic heterocycles. The molecule has 2 bridgehead atoms. The van der Waals surface area contributed by atoms with E-state index in [1.807, 2.05) is 0 Å². The summed E-state index contributed by atoms with van der Waals surface area (Å²) in [6.45, 7) is -1.12. The molecule has 2 fully saturated rings. The molecule has 0 radical (unpaired) electrons. The number of carbonyl (C=O) groups excluding carboxylic acids is 1. The second kappa shape index (κ2) is 5.60. The SMILES string of the molecule is O=C(OCCC(F)(F)C(F)(F)S(=O)(=O)[O-])C1CC2CCC1O2. The van der Waals surface area contributed by atoms with Crippen LogP contribution in [0.25, 0.3) is 0 Å². The number of esters is 1. The molecule has 3 atom stereocenters. The standard InChI is InChI=1S/C11H14F4O6S/c12-10(13,11(14,15)22(17,18)19)3-4-20-9(16)7-5-6-1-2-8(7)21-6/h6-8H,1-5H2,(H,17,18,19)/p-1. The molecule has 0 spiro atoms. The van der Waals surface area contributed by atoms with Gasteiger partial charge in [-0.25, -0.2) is 8.42 Å². The molecule has 2 saturated heterocycles. The smallest absolute Gasteiger partial charge is 0.396 e. The van der Waals surface area contributed by atoms with E-state index in [0.717, 1.165) is 6.42 Å². The minimum Gasteiger partial charge on any atom is -0.743 e. The van der Waals surface area contributed by atoms with Crippen LogP contribution in [0, 0.1) is 5.92 Å². The second-order valence-electron chi connectivity index (χ2n) is 5.31. The van der Waals surface area contributed by atoms with Crippen molar-refractivity contribution in [3.63, 3.8) is 0 Å². The summed E-state index contributed by atoms with van der Waals surface area (Å²) in [5.74, 6) is -6.61. The normalized spacial score (nSPS) is 28.9. The van der Waals surface area contributed by atoms with Crippen LogP contribution in [0.4, 0.5) is 17.6 Å². The molecule has 22 heavy (non-hydrogen) atoms. The average Bonchev–Trinajstić information content (AvgIpc) is 2.98. The Kier molecular flexibility index (Phi) is 4.44. The third-order valence-corrected chi connectivity index (χ3v) is 4.74. The Labute approximate surface area is 123 Å². The van der Waals surface area contributed by atoms with Crippen molar-refractivity contribution >= 4 is 16.1 Å². The lowest BCUT2D eigenvalue weighted by Crippen LogP contribution is -2.47. The zero-order valence-electron chi connectivity index (χ0n) is 11.1. The quantitative estimate of drug-likeness (QED) is 0.407. The number of alkyl halides is 4. The van der Waals surface area contributed by atoms with E-state index in [9.17, 15) is 35.3 Å². The van der Waals surface area contributed by atoms with Crippen LogP contribution in [0.1, 0.15) is 25.7 Å². The van der Waals surface area contributed by atoms with Crippen molar-refractivity contribution in [1.29, 1.82) is 0 Å². The molecule has 0 amide bonds. The third kappa shape index (κ3) is 3.06. The molecule has 6 nitrogen and oxygen atoms in total. The largest absolute Gasteiger partial charge is 0.743 e. The summed E-state index contributed by atoms with van der Waals surface area (Å²) in [6, 6.07) is 0. The van der Waals surface area contributed by atoms with Gasteiger partial charge in [-0.3, -0.25) is 4.79 Å². The highest BCUT2D eigenvalue weighted by atomic mass is 32.2. The Hall–Kier alpha value is -0.940. The average molecular weight is 349 g/mol. The third-order valence-electron chi connectivity index (χ3n) is 3.81. The molecule has 0 N–H and O–H groups in total. The van der Waals surface area contributed by atoms with E-state index in [1.165, 1.54) is 0 Å². The van der Waals surface area contributed by atoms with E-state index in [2.05, 4.69) is 4.74 Å². The maximum absolute atomic E-state index is 13.1. The molecule has 128 valence electrons. The first-order chi connectivity index (χ1) is 9.96. The van der Waals surface area contributed by atoms with Gasteiger partial charge in [-0.05, 0) is 19.3 Å². The van der Waals surface area contributed by atoms with Gasteiger partial charge in [-0.2, -0.15) is 17.6 Å². The maximum Gasteiger partial charge on any atom is 0.396 e. The van der Waals surface area contributed by atoms with Gasteiger partial charge in [0.15, 0.2) is 10.1 Å². The predicted molar refractivity (Wildman–Crippen MR) is 61.2 cm³/mol. The van der Waals surface area contributed by atoms with Crippen LogP contribution < -0.4 is 0 Å². The number of hydrogen-bond donors (Lipinski definition) is 0. The van der Waals surface area contributed by atoms with Crippen LogP contribution in [0.5, 0.6) is 0 Å². The van der Waals surface area contributed by atoms with Crippen molar-refractivity contribution in [2.45, 2.75) is 49.1 Å². The van der Waals surface area contributed by atoms with Gasteiger partial charge in [0, 0.05) is 0 Å². The lowest BCUT2D eigenvalue weighted by molar-refractivity contribution is -0.176. The predicted octanol–water partition coefficient (Wildman–Crippen LogP) is 1.26. The summed E-state index contributed by atoms with van der Waals surface area (Å²) in [6.07, 6.45) is -0.409. The number of hydrogen-bond acceptors (Lipinski definition) is 6. The van der Waals surface area contributed by atoms with Gasteiger partial charge in [0.05, 0.1) is 31.2 Å². The number of carbonyl (C=O) groups is 1. The molecule has 2 aliphatic rings. The van der Waals surface area contributed by atoms with Gasteiger partial charge in [-0.15, -0.1) is 0 Å². The first-order valence-corrected chi connectivity index (χ1v) is 7.90. The summed E-state index contributed by atoms with van der Waals surface area (Å²) in [5.41, 5.74) is 0. The Bertz CT molecular complexity index is 549. The fraction of sp³-hybridized carbons (Fsp3) is 0.909. The Balaban J connectivity index is 1.86. The molecule has 2 rings (SSSR count). The number of ether oxygens (including phenoxy) is 2. The summed E-state index contributed by atoms with van der Waals surface area (Å²) in [7, 11) is -6.53. The molecule has 0 aromatic carbocycles. The van der Waals surface area contributed by atoms with E-state index in [1.54, 1.807) is 0 Å². The van der Waals surface area contributed by atoms with Crippen LogP contribution in [-0.2, 0) is 24.4 Å². The molecule has 0 aromatic heterocycles. The van der Waals surface area contributed by atoms with Gasteiger partial charge in [-0.1, -0.05) is 0 Å². The monoisotopic (exact) mass is 349 g/mol. The highest BCUT2D eigenvalue weighted by Gasteiger charge is 2.61. The van der Waals surface area contributed by atoms with Gasteiger partial charge in [0.2, 0.25) is 0 Å². The molecule has 0 aliphatic carbocycles. The molecule has 11 heteroatoms. The van der Waals surface area contributed by atoms with Crippen molar-refractivity contribution in [3.05, 3.63) is 0 Å². The second-order valence-corrected chi connectivity index (χ2v) is 6.73. The lowest BCUT2D eigenvalue weighted by Gasteiger charge is -2.28. The van der Waals surface area contributed by atoms with E-state index in [4.69, 9.17) is 4.74 Å². The summed E-state index contributed by atoms with van der Waals surface area (Å²) >= 11 is 0. The van der Waals surface area contributed by atoms with Gasteiger partial charge in [0.1, 0.15) is 0 Å². The number of fused-ring (bicyclic) bond motifs is 2. The van der Waals surface area contributed by atoms with Crippen LogP contribution in [0.3, 0.4) is 0 Å². The molecule has 3 unspecified atom stereocenters. The highest BCUT2D eigenvalue weighted by Crippen LogP contribution is 2.41. The number of halogens is 4. The van der Waals surface area contributed by atoms with Crippen molar-refractivity contribution in [2.24, 2.45) is 5.92 Å². The van der Waals surface area contributed by atoms with Crippen molar-refractivity contribution < 1.29 is 44.8 Å². The summed E-state index contributed by atoms with van der Waals surface area (Å²) in [5, 5.41) is -5.76. The zero-order valence-corrected chi connectivity index (χ0v) is 12.0. The van der Waals surface area contributed by atoms with E-state index < -0.39 is 46.2 Å². The van der Waals surface area contributed by atoms with Crippen molar-refractivity contribution in [1.82, 2.24) is 0 Å². The van der Waals surface area contributed by atoms with Gasteiger partial charge >= 0.3 is 17.1 Å². The first-order valence-electron chi connectivity index (χ1n) is 6.49. The van der Waals surface area contributed by atoms with Gasteiger partial charge < -0.3 is 14.0 Å². The molecular formula is C11H13F4O6S-. The molecular weight excluding hydrogens is 336 g/mol. The minimum absolute atomic E-state index is 0.0843. The highest BCUT2D eigenvalue weighted by molar-refractivity contribution is 7.86. The minimum atomic E-state index is -6.53. The van der Waals surface area contributed by atoms with E-state index in [0.29, 0.717) is 12.8 Å². The first kappa shape index (κ1) is 17.4. The summed E-state index contributed by atoms with van der Waals surface area (Å²) in [4.78, 5) is 11.7. The fourth-order valence-electron chi connectivity index (χ4n) is 2.60. The maximum atomic E-state index is 13.1. The Morgan fingerprint density at radius 2 is 1.91 bits per heavy atom. The topological polar surface area (TPSA) is 92.7 Å². The zero-order chi connectivity index (χ0) is 16.8.